The number of esters is 1. The Morgan fingerprint density at radius 2 is 2.31 bits per heavy atom. The number of hydrogen-bond donors (Lipinski definition) is 2. The van der Waals surface area contributed by atoms with Gasteiger partial charge in [0.15, 0.2) is 0 Å². The summed E-state index contributed by atoms with van der Waals surface area (Å²) in [5, 5.41) is 2.53. The Labute approximate surface area is 102 Å². The number of carbonyl (C=O) groups excluding carboxylic acids is 2. The van der Waals surface area contributed by atoms with E-state index in [4.69, 9.17) is 4.74 Å². The highest BCUT2D eigenvalue weighted by molar-refractivity contribution is 9.10. The first-order valence-electron chi connectivity index (χ1n) is 4.86. The highest BCUT2D eigenvalue weighted by atomic mass is 79.9. The summed E-state index contributed by atoms with van der Waals surface area (Å²) in [7, 11) is 0. The smallest absolute Gasteiger partial charge is 0.328 e. The number of aromatic amines is 1. The number of ether oxygens (including phenoxy) is 1. The standard InChI is InChI=1S/C10H13BrN2O3/c1-3-16-10(15)6(2)13-9(14)8-4-7(11)5-12-8/h4-6,12H,3H2,1-2H3,(H,13,14). The van der Waals surface area contributed by atoms with Gasteiger partial charge in [0.2, 0.25) is 0 Å². The van der Waals surface area contributed by atoms with E-state index in [0.717, 1.165) is 4.47 Å². The van der Waals surface area contributed by atoms with Gasteiger partial charge in [0.1, 0.15) is 11.7 Å². The molecular formula is C10H13BrN2O3. The fourth-order valence-corrected chi connectivity index (χ4v) is 1.44. The van der Waals surface area contributed by atoms with Crippen LogP contribution in [0.5, 0.6) is 0 Å². The van der Waals surface area contributed by atoms with E-state index in [1.807, 2.05) is 0 Å². The fraction of sp³-hybridized carbons (Fsp3) is 0.400. The van der Waals surface area contributed by atoms with Crippen molar-refractivity contribution in [3.8, 4) is 0 Å². The van der Waals surface area contributed by atoms with Gasteiger partial charge in [0.05, 0.1) is 6.61 Å². The molecule has 1 aromatic heterocycles. The molecule has 0 aliphatic carbocycles. The van der Waals surface area contributed by atoms with Crippen LogP contribution in [0.4, 0.5) is 0 Å². The zero-order chi connectivity index (χ0) is 12.1. The summed E-state index contributed by atoms with van der Waals surface area (Å²) in [5.74, 6) is -0.785. The highest BCUT2D eigenvalue weighted by Gasteiger charge is 2.18. The molecular weight excluding hydrogens is 276 g/mol. The molecule has 6 heteroatoms. The van der Waals surface area contributed by atoms with Crippen LogP contribution in [0.2, 0.25) is 0 Å². The molecule has 1 heterocycles. The van der Waals surface area contributed by atoms with E-state index in [9.17, 15) is 9.59 Å². The molecule has 0 aliphatic heterocycles. The maximum Gasteiger partial charge on any atom is 0.328 e. The molecule has 1 amide bonds. The molecule has 1 aromatic rings. The molecule has 0 spiro atoms. The van der Waals surface area contributed by atoms with Crippen molar-refractivity contribution in [2.45, 2.75) is 19.9 Å². The van der Waals surface area contributed by atoms with Gasteiger partial charge in [-0.15, -0.1) is 0 Å². The SMILES string of the molecule is CCOC(=O)C(C)NC(=O)c1cc(Br)c[nH]1. The molecule has 2 N–H and O–H groups in total. The van der Waals surface area contributed by atoms with Crippen molar-refractivity contribution in [1.82, 2.24) is 10.3 Å². The summed E-state index contributed by atoms with van der Waals surface area (Å²) >= 11 is 3.22. The van der Waals surface area contributed by atoms with Crippen molar-refractivity contribution in [3.05, 3.63) is 22.4 Å². The van der Waals surface area contributed by atoms with Gasteiger partial charge in [-0.1, -0.05) is 0 Å². The molecule has 0 saturated heterocycles. The first-order valence-corrected chi connectivity index (χ1v) is 5.65. The molecule has 88 valence electrons. The van der Waals surface area contributed by atoms with Crippen LogP contribution in [0.3, 0.4) is 0 Å². The van der Waals surface area contributed by atoms with Crippen LogP contribution in [0, 0.1) is 0 Å². The molecule has 0 aromatic carbocycles. The molecule has 1 rings (SSSR count). The maximum absolute atomic E-state index is 11.6. The minimum Gasteiger partial charge on any atom is -0.464 e. The fourth-order valence-electron chi connectivity index (χ4n) is 1.10. The average Bonchev–Trinajstić information content (AvgIpc) is 2.65. The van der Waals surface area contributed by atoms with Crippen LogP contribution < -0.4 is 5.32 Å². The quantitative estimate of drug-likeness (QED) is 0.824. The van der Waals surface area contributed by atoms with Crippen LogP contribution in [-0.2, 0) is 9.53 Å². The Hall–Kier alpha value is -1.30. The van der Waals surface area contributed by atoms with Crippen LogP contribution in [0.1, 0.15) is 24.3 Å². The Balaban J connectivity index is 2.54. The Morgan fingerprint density at radius 1 is 1.62 bits per heavy atom. The topological polar surface area (TPSA) is 71.2 Å². The zero-order valence-electron chi connectivity index (χ0n) is 9.04. The van der Waals surface area contributed by atoms with Crippen molar-refractivity contribution in [1.29, 1.82) is 0 Å². The minimum atomic E-state index is -0.658. The molecule has 0 fully saturated rings. The summed E-state index contributed by atoms with van der Waals surface area (Å²) in [4.78, 5) is 25.6. The maximum atomic E-state index is 11.6. The highest BCUT2D eigenvalue weighted by Crippen LogP contribution is 2.10. The molecule has 1 atom stereocenters. The second-order valence-corrected chi connectivity index (χ2v) is 4.09. The molecule has 0 saturated carbocycles. The Morgan fingerprint density at radius 3 is 2.81 bits per heavy atom. The second kappa shape index (κ2) is 5.69. The van der Waals surface area contributed by atoms with Crippen molar-refractivity contribution in [3.63, 3.8) is 0 Å². The van der Waals surface area contributed by atoms with Crippen LogP contribution in [0.25, 0.3) is 0 Å². The van der Waals surface area contributed by atoms with E-state index < -0.39 is 12.0 Å². The lowest BCUT2D eigenvalue weighted by Crippen LogP contribution is -2.39. The van der Waals surface area contributed by atoms with Gasteiger partial charge in [-0.05, 0) is 35.8 Å². The number of nitrogens with one attached hydrogen (secondary N) is 2. The van der Waals surface area contributed by atoms with E-state index in [1.165, 1.54) is 0 Å². The molecule has 5 nitrogen and oxygen atoms in total. The third kappa shape index (κ3) is 3.37. The normalized spacial score (nSPS) is 11.9. The summed E-state index contributed by atoms with van der Waals surface area (Å²) < 4.78 is 5.55. The van der Waals surface area contributed by atoms with E-state index in [-0.39, 0.29) is 5.91 Å². The van der Waals surface area contributed by atoms with Gasteiger partial charge < -0.3 is 15.0 Å². The number of halogens is 1. The average molecular weight is 289 g/mol. The lowest BCUT2D eigenvalue weighted by molar-refractivity contribution is -0.144. The minimum absolute atomic E-state index is 0.299. The number of hydrogen-bond acceptors (Lipinski definition) is 3. The van der Waals surface area contributed by atoms with E-state index in [1.54, 1.807) is 26.1 Å². The van der Waals surface area contributed by atoms with Crippen LogP contribution in [-0.4, -0.2) is 29.5 Å². The van der Waals surface area contributed by atoms with Gasteiger partial charge in [-0.2, -0.15) is 0 Å². The Kier molecular flexibility index (Phi) is 4.54. The summed E-state index contributed by atoms with van der Waals surface area (Å²) in [5.41, 5.74) is 0.392. The lowest BCUT2D eigenvalue weighted by Gasteiger charge is -2.11. The molecule has 0 aliphatic rings. The Bertz CT molecular complexity index is 389. The largest absolute Gasteiger partial charge is 0.464 e. The van der Waals surface area contributed by atoms with Crippen molar-refractivity contribution < 1.29 is 14.3 Å². The number of H-pyrrole nitrogens is 1. The second-order valence-electron chi connectivity index (χ2n) is 3.18. The summed E-state index contributed by atoms with van der Waals surface area (Å²) in [6, 6.07) is 0.974. The molecule has 0 radical (unpaired) electrons. The summed E-state index contributed by atoms with van der Waals surface area (Å²) in [6.45, 7) is 3.59. The molecule has 1 unspecified atom stereocenters. The van der Waals surface area contributed by atoms with Gasteiger partial charge in [0.25, 0.3) is 5.91 Å². The van der Waals surface area contributed by atoms with Gasteiger partial charge >= 0.3 is 5.97 Å². The third-order valence-corrected chi connectivity index (χ3v) is 2.34. The van der Waals surface area contributed by atoms with Crippen molar-refractivity contribution >= 4 is 27.8 Å². The number of carbonyl (C=O) groups is 2. The van der Waals surface area contributed by atoms with Crippen molar-refractivity contribution in [2.75, 3.05) is 6.61 Å². The van der Waals surface area contributed by atoms with E-state index >= 15 is 0 Å². The first kappa shape index (κ1) is 12.8. The predicted molar refractivity (Wildman–Crippen MR) is 62.1 cm³/mol. The van der Waals surface area contributed by atoms with E-state index in [0.29, 0.717) is 12.3 Å². The number of amides is 1. The van der Waals surface area contributed by atoms with Gasteiger partial charge in [-0.3, -0.25) is 4.79 Å². The van der Waals surface area contributed by atoms with Gasteiger partial charge in [-0.25, -0.2) is 4.79 Å². The lowest BCUT2D eigenvalue weighted by atomic mass is 10.3. The monoisotopic (exact) mass is 288 g/mol. The third-order valence-electron chi connectivity index (χ3n) is 1.88. The van der Waals surface area contributed by atoms with Gasteiger partial charge in [0, 0.05) is 10.7 Å². The molecule has 0 bridgehead atoms. The van der Waals surface area contributed by atoms with Crippen molar-refractivity contribution in [2.24, 2.45) is 0 Å². The first-order chi connectivity index (χ1) is 7.54. The van der Waals surface area contributed by atoms with E-state index in [2.05, 4.69) is 26.2 Å². The van der Waals surface area contributed by atoms with Crippen LogP contribution in [0.15, 0.2) is 16.7 Å². The number of aromatic nitrogens is 1. The van der Waals surface area contributed by atoms with Crippen LogP contribution >= 0.6 is 15.9 Å². The predicted octanol–water partition coefficient (Wildman–Crippen LogP) is 1.46. The molecule has 16 heavy (non-hydrogen) atoms. The zero-order valence-corrected chi connectivity index (χ0v) is 10.6. The number of rotatable bonds is 4. The summed E-state index contributed by atoms with van der Waals surface area (Å²) in [6.07, 6.45) is 1.64.